The van der Waals surface area contributed by atoms with Crippen molar-refractivity contribution in [1.29, 1.82) is 0 Å². The van der Waals surface area contributed by atoms with Crippen LogP contribution in [0.1, 0.15) is 0 Å². The fourth-order valence-electron chi connectivity index (χ4n) is 0.668. The van der Waals surface area contributed by atoms with Crippen LogP contribution in [0, 0.1) is 0 Å². The van der Waals surface area contributed by atoms with Gasteiger partial charge in [0.25, 0.3) is 0 Å². The van der Waals surface area contributed by atoms with E-state index in [1.54, 1.807) is 0 Å². The van der Waals surface area contributed by atoms with E-state index in [-0.39, 0.29) is 19.8 Å². The van der Waals surface area contributed by atoms with Crippen LogP contribution in [0.15, 0.2) is 0 Å². The predicted octanol–water partition coefficient (Wildman–Crippen LogP) is -3.87. The molecule has 0 saturated carbocycles. The van der Waals surface area contributed by atoms with E-state index in [2.05, 4.69) is 0 Å². The number of carbonyl (C=O) groups is 1. The van der Waals surface area contributed by atoms with E-state index in [0.29, 0.717) is 0 Å². The Labute approximate surface area is 92.7 Å². The summed E-state index contributed by atoms with van der Waals surface area (Å²) in [6.45, 7) is -0.843. The smallest absolute Gasteiger partial charge is 0.335 e. The number of hydrogen-bond acceptors (Lipinski definition) is 6. The van der Waals surface area contributed by atoms with Crippen LogP contribution in [-0.2, 0) is 4.79 Å². The van der Waals surface area contributed by atoms with Crippen LogP contribution < -0.4 is 0 Å². The van der Waals surface area contributed by atoms with Gasteiger partial charge >= 0.3 is 5.97 Å². The van der Waals surface area contributed by atoms with Gasteiger partial charge in [0.1, 0.15) is 18.3 Å². The van der Waals surface area contributed by atoms with Gasteiger partial charge in [-0.25, -0.2) is 4.79 Å². The molecule has 14 heavy (non-hydrogen) atoms. The monoisotopic (exact) mass is 265 g/mol. The first-order chi connectivity index (χ1) is 5.91. The van der Waals surface area contributed by atoms with Crippen LogP contribution >= 0.6 is 0 Å². The van der Waals surface area contributed by atoms with Gasteiger partial charge in [-0.1, -0.05) is 0 Å². The van der Waals surface area contributed by atoms with Gasteiger partial charge in [0, 0.05) is 19.8 Å². The van der Waals surface area contributed by atoms with Gasteiger partial charge in [0.05, 0.1) is 6.61 Å². The van der Waals surface area contributed by atoms with Crippen LogP contribution in [0.5, 0.6) is 0 Å². The van der Waals surface area contributed by atoms with Gasteiger partial charge in [-0.15, -0.1) is 0 Å². The molecular formula is C6H12GaO7. The summed E-state index contributed by atoms with van der Waals surface area (Å²) in [7, 11) is 0. The van der Waals surface area contributed by atoms with Crippen molar-refractivity contribution in [3.05, 3.63) is 0 Å². The standard InChI is InChI=1S/C6H12O7.Ga/c7-1-2(8)3(9)4(10)5(11)6(12)13;/h2-5,7-11H,1H2,(H,12,13);. The fourth-order valence-corrected chi connectivity index (χ4v) is 0.668. The SMILES string of the molecule is O=C(O)C(O)C(O)C(O)C(O)CO.[Ga]. The number of aliphatic carboxylic acids is 1. The average Bonchev–Trinajstić information content (AvgIpc) is 2.12. The normalized spacial score (nSPS) is 18.9. The fraction of sp³-hybridized carbons (Fsp3) is 0.833. The first-order valence-electron chi connectivity index (χ1n) is 3.47. The average molecular weight is 266 g/mol. The van der Waals surface area contributed by atoms with Crippen LogP contribution in [0.4, 0.5) is 0 Å². The maximum atomic E-state index is 10.1. The first-order valence-corrected chi connectivity index (χ1v) is 3.47. The van der Waals surface area contributed by atoms with Crippen molar-refractivity contribution < 1.29 is 35.4 Å². The maximum Gasteiger partial charge on any atom is 0.335 e. The molecular weight excluding hydrogens is 254 g/mol. The number of hydrogen-bond donors (Lipinski definition) is 6. The van der Waals surface area contributed by atoms with Gasteiger partial charge in [0.2, 0.25) is 0 Å². The Hall–Kier alpha value is -0.0936. The molecule has 0 spiro atoms. The summed E-state index contributed by atoms with van der Waals surface area (Å²) in [6.07, 6.45) is -7.84. The third-order valence-electron chi connectivity index (χ3n) is 1.51. The molecule has 0 saturated heterocycles. The topological polar surface area (TPSA) is 138 Å². The van der Waals surface area contributed by atoms with Crippen LogP contribution in [-0.4, -0.2) is 87.4 Å². The Morgan fingerprint density at radius 1 is 1.07 bits per heavy atom. The summed E-state index contributed by atoms with van der Waals surface area (Å²) in [5, 5.41) is 51.8. The molecule has 0 aromatic rings. The van der Waals surface area contributed by atoms with Gasteiger partial charge in [-0.05, 0) is 0 Å². The summed E-state index contributed by atoms with van der Waals surface area (Å²) in [5.41, 5.74) is 0. The Morgan fingerprint density at radius 2 is 1.50 bits per heavy atom. The molecule has 0 aliphatic heterocycles. The molecule has 8 heteroatoms. The van der Waals surface area contributed by atoms with Crippen molar-refractivity contribution in [3.8, 4) is 0 Å². The van der Waals surface area contributed by atoms with Crippen molar-refractivity contribution in [2.45, 2.75) is 24.4 Å². The molecule has 0 aromatic heterocycles. The number of aliphatic hydroxyl groups is 5. The zero-order valence-corrected chi connectivity index (χ0v) is 9.61. The van der Waals surface area contributed by atoms with Crippen molar-refractivity contribution in [2.24, 2.45) is 0 Å². The Balaban J connectivity index is 0. The van der Waals surface area contributed by atoms with Gasteiger partial charge in [-0.3, -0.25) is 0 Å². The molecule has 81 valence electrons. The zero-order chi connectivity index (χ0) is 10.6. The molecule has 0 rings (SSSR count). The summed E-state index contributed by atoms with van der Waals surface area (Å²) >= 11 is 0. The first kappa shape index (κ1) is 16.3. The van der Waals surface area contributed by atoms with Crippen molar-refractivity contribution in [3.63, 3.8) is 0 Å². The molecule has 0 heterocycles. The molecule has 0 aliphatic carbocycles. The van der Waals surface area contributed by atoms with E-state index in [0.717, 1.165) is 0 Å². The number of carboxylic acid groups (broad SMARTS) is 1. The third kappa shape index (κ3) is 4.42. The Morgan fingerprint density at radius 3 is 1.79 bits per heavy atom. The molecule has 0 bridgehead atoms. The Bertz CT molecular complexity index is 176. The van der Waals surface area contributed by atoms with E-state index in [9.17, 15) is 4.79 Å². The minimum Gasteiger partial charge on any atom is -0.479 e. The molecule has 6 N–H and O–H groups in total. The van der Waals surface area contributed by atoms with Crippen molar-refractivity contribution in [1.82, 2.24) is 0 Å². The minimum absolute atomic E-state index is 0. The van der Waals surface area contributed by atoms with Crippen LogP contribution in [0.3, 0.4) is 0 Å². The van der Waals surface area contributed by atoms with E-state index < -0.39 is 37.0 Å². The van der Waals surface area contributed by atoms with Crippen molar-refractivity contribution in [2.75, 3.05) is 6.61 Å². The molecule has 4 atom stereocenters. The number of rotatable bonds is 5. The number of carboxylic acids is 1. The second-order valence-electron chi connectivity index (χ2n) is 2.51. The van der Waals surface area contributed by atoms with E-state index in [1.165, 1.54) is 0 Å². The zero-order valence-electron chi connectivity index (χ0n) is 7.19. The third-order valence-corrected chi connectivity index (χ3v) is 1.51. The molecule has 0 aliphatic rings. The minimum atomic E-state index is -2.20. The van der Waals surface area contributed by atoms with E-state index >= 15 is 0 Å². The molecule has 3 radical (unpaired) electrons. The molecule has 0 aromatic carbocycles. The summed E-state index contributed by atoms with van der Waals surface area (Å²) < 4.78 is 0. The predicted molar refractivity (Wildman–Crippen MR) is 44.5 cm³/mol. The Kier molecular flexibility index (Phi) is 8.44. The van der Waals surface area contributed by atoms with Gasteiger partial charge in [0.15, 0.2) is 6.10 Å². The number of aliphatic hydroxyl groups excluding tert-OH is 5. The van der Waals surface area contributed by atoms with Crippen LogP contribution in [0.2, 0.25) is 0 Å². The summed E-state index contributed by atoms with van der Waals surface area (Å²) in [5.74, 6) is -1.73. The van der Waals surface area contributed by atoms with E-state index in [1.807, 2.05) is 0 Å². The molecule has 7 nitrogen and oxygen atoms in total. The molecule has 4 unspecified atom stereocenters. The maximum absolute atomic E-state index is 10.1. The molecule has 0 amide bonds. The largest absolute Gasteiger partial charge is 0.479 e. The van der Waals surface area contributed by atoms with E-state index in [4.69, 9.17) is 30.6 Å². The second kappa shape index (κ2) is 7.23. The quantitative estimate of drug-likeness (QED) is 0.280. The van der Waals surface area contributed by atoms with Gasteiger partial charge in [-0.2, -0.15) is 0 Å². The van der Waals surface area contributed by atoms with Crippen LogP contribution in [0.25, 0.3) is 0 Å². The summed E-state index contributed by atoms with van der Waals surface area (Å²) in [4.78, 5) is 10.1. The molecule has 0 fully saturated rings. The summed E-state index contributed by atoms with van der Waals surface area (Å²) in [6, 6.07) is 0. The second-order valence-corrected chi connectivity index (χ2v) is 2.51. The van der Waals surface area contributed by atoms with Gasteiger partial charge < -0.3 is 30.6 Å². The van der Waals surface area contributed by atoms with Crippen molar-refractivity contribution >= 4 is 25.8 Å².